The van der Waals surface area contributed by atoms with Crippen molar-refractivity contribution in [1.29, 1.82) is 0 Å². The van der Waals surface area contributed by atoms with Crippen LogP contribution in [0.3, 0.4) is 0 Å². The largest absolute Gasteiger partial charge is 0.451 e. The van der Waals surface area contributed by atoms with E-state index in [-0.39, 0.29) is 11.6 Å². The number of anilines is 2. The number of halogens is 3. The summed E-state index contributed by atoms with van der Waals surface area (Å²) in [4.78, 5) is 8.36. The fraction of sp³-hybridized carbons (Fsp3) is 0.286. The standard InChI is InChI=1S/C14H15F3N4/c1-9-4-3-5-10(6-9)8-21(2)12-7-11(18)19-13(20-12)14(15,16)17/h3-7H,8H2,1-2H3,(H2,18,19,20). The van der Waals surface area contributed by atoms with E-state index in [1.54, 1.807) is 11.9 Å². The molecule has 112 valence electrons. The van der Waals surface area contributed by atoms with Crippen LogP contribution in [0.15, 0.2) is 30.3 Å². The van der Waals surface area contributed by atoms with Crippen molar-refractivity contribution in [1.82, 2.24) is 9.97 Å². The summed E-state index contributed by atoms with van der Waals surface area (Å²) < 4.78 is 38.1. The molecule has 0 amide bonds. The van der Waals surface area contributed by atoms with Crippen LogP contribution in [0, 0.1) is 6.92 Å². The van der Waals surface area contributed by atoms with Crippen molar-refractivity contribution < 1.29 is 13.2 Å². The average Bonchev–Trinajstić information content (AvgIpc) is 2.37. The zero-order chi connectivity index (χ0) is 15.6. The SMILES string of the molecule is Cc1cccc(CN(C)c2cc(N)nc(C(F)(F)F)n2)c1. The Kier molecular flexibility index (Phi) is 4.02. The molecule has 1 aromatic heterocycles. The highest BCUT2D eigenvalue weighted by molar-refractivity contribution is 5.47. The number of hydrogen-bond acceptors (Lipinski definition) is 4. The van der Waals surface area contributed by atoms with E-state index in [1.165, 1.54) is 6.07 Å². The first-order valence-electron chi connectivity index (χ1n) is 6.24. The fourth-order valence-corrected chi connectivity index (χ4v) is 1.94. The van der Waals surface area contributed by atoms with Gasteiger partial charge in [-0.25, -0.2) is 9.97 Å². The molecule has 0 spiro atoms. The second-order valence-electron chi connectivity index (χ2n) is 4.82. The van der Waals surface area contributed by atoms with E-state index >= 15 is 0 Å². The van der Waals surface area contributed by atoms with E-state index in [2.05, 4.69) is 9.97 Å². The maximum Gasteiger partial charge on any atom is 0.451 e. The molecule has 1 aromatic carbocycles. The van der Waals surface area contributed by atoms with Gasteiger partial charge in [-0.2, -0.15) is 13.2 Å². The van der Waals surface area contributed by atoms with Gasteiger partial charge in [-0.3, -0.25) is 0 Å². The van der Waals surface area contributed by atoms with Gasteiger partial charge in [-0.1, -0.05) is 29.8 Å². The van der Waals surface area contributed by atoms with Crippen LogP contribution in [-0.2, 0) is 12.7 Å². The topological polar surface area (TPSA) is 55.0 Å². The Bertz CT molecular complexity index is 640. The number of aromatic nitrogens is 2. The number of nitrogen functional groups attached to an aromatic ring is 1. The lowest BCUT2D eigenvalue weighted by molar-refractivity contribution is -0.144. The molecule has 0 bridgehead atoms. The van der Waals surface area contributed by atoms with Crippen LogP contribution in [0.4, 0.5) is 24.8 Å². The first kappa shape index (κ1) is 15.1. The van der Waals surface area contributed by atoms with Gasteiger partial charge in [-0.15, -0.1) is 0 Å². The molecule has 1 heterocycles. The molecule has 0 saturated heterocycles. The van der Waals surface area contributed by atoms with Crippen LogP contribution in [0.25, 0.3) is 0 Å². The van der Waals surface area contributed by atoms with Gasteiger partial charge in [0.1, 0.15) is 11.6 Å². The zero-order valence-corrected chi connectivity index (χ0v) is 11.6. The molecule has 7 heteroatoms. The van der Waals surface area contributed by atoms with Gasteiger partial charge in [0.15, 0.2) is 0 Å². The number of nitrogens with two attached hydrogens (primary N) is 1. The molecular weight excluding hydrogens is 281 g/mol. The molecule has 0 aliphatic heterocycles. The van der Waals surface area contributed by atoms with Gasteiger partial charge < -0.3 is 10.6 Å². The maximum atomic E-state index is 12.7. The van der Waals surface area contributed by atoms with E-state index in [1.807, 2.05) is 31.2 Å². The number of rotatable bonds is 3. The minimum absolute atomic E-state index is 0.135. The van der Waals surface area contributed by atoms with Crippen LogP contribution in [0.1, 0.15) is 17.0 Å². The van der Waals surface area contributed by atoms with Crippen LogP contribution in [-0.4, -0.2) is 17.0 Å². The minimum atomic E-state index is -4.62. The smallest absolute Gasteiger partial charge is 0.384 e. The summed E-state index contributed by atoms with van der Waals surface area (Å²) in [5, 5.41) is 0. The molecule has 0 radical (unpaired) electrons. The molecule has 0 saturated carbocycles. The summed E-state index contributed by atoms with van der Waals surface area (Å²) in [5.74, 6) is -1.30. The predicted octanol–water partition coefficient (Wildman–Crippen LogP) is 3.02. The summed E-state index contributed by atoms with van der Waals surface area (Å²) in [5.41, 5.74) is 7.49. The normalized spacial score (nSPS) is 11.5. The van der Waals surface area contributed by atoms with E-state index in [4.69, 9.17) is 5.73 Å². The Morgan fingerprint density at radius 3 is 2.52 bits per heavy atom. The van der Waals surface area contributed by atoms with Crippen molar-refractivity contribution in [3.05, 3.63) is 47.3 Å². The van der Waals surface area contributed by atoms with Gasteiger partial charge in [-0.05, 0) is 12.5 Å². The number of benzene rings is 1. The highest BCUT2D eigenvalue weighted by Gasteiger charge is 2.35. The number of alkyl halides is 3. The third-order valence-electron chi connectivity index (χ3n) is 2.88. The van der Waals surface area contributed by atoms with E-state index < -0.39 is 12.0 Å². The van der Waals surface area contributed by atoms with Gasteiger partial charge in [0, 0.05) is 19.7 Å². The van der Waals surface area contributed by atoms with Crippen molar-refractivity contribution in [2.75, 3.05) is 17.7 Å². The van der Waals surface area contributed by atoms with Gasteiger partial charge >= 0.3 is 6.18 Å². The Labute approximate surface area is 120 Å². The molecule has 0 atom stereocenters. The zero-order valence-electron chi connectivity index (χ0n) is 11.6. The van der Waals surface area contributed by atoms with Crippen LogP contribution >= 0.6 is 0 Å². The first-order valence-corrected chi connectivity index (χ1v) is 6.24. The molecule has 0 unspecified atom stereocenters. The molecule has 0 aliphatic rings. The maximum absolute atomic E-state index is 12.7. The molecule has 2 N–H and O–H groups in total. The monoisotopic (exact) mass is 296 g/mol. The number of hydrogen-bond donors (Lipinski definition) is 1. The summed E-state index contributed by atoms with van der Waals surface area (Å²) in [7, 11) is 1.66. The lowest BCUT2D eigenvalue weighted by atomic mass is 10.1. The summed E-state index contributed by atoms with van der Waals surface area (Å²) in [6.07, 6.45) is -4.62. The molecule has 4 nitrogen and oxygen atoms in total. The molecule has 2 rings (SSSR count). The lowest BCUT2D eigenvalue weighted by Gasteiger charge is -2.19. The fourth-order valence-electron chi connectivity index (χ4n) is 1.94. The van der Waals surface area contributed by atoms with Crippen molar-refractivity contribution in [2.24, 2.45) is 0 Å². The first-order chi connectivity index (χ1) is 9.75. The predicted molar refractivity (Wildman–Crippen MR) is 74.7 cm³/mol. The van der Waals surface area contributed by atoms with E-state index in [0.29, 0.717) is 6.54 Å². The Morgan fingerprint density at radius 1 is 1.19 bits per heavy atom. The summed E-state index contributed by atoms with van der Waals surface area (Å²) in [6.45, 7) is 2.38. The van der Waals surface area contributed by atoms with Gasteiger partial charge in [0.2, 0.25) is 5.82 Å². The van der Waals surface area contributed by atoms with Crippen LogP contribution < -0.4 is 10.6 Å². The van der Waals surface area contributed by atoms with Crippen molar-refractivity contribution in [3.63, 3.8) is 0 Å². The van der Waals surface area contributed by atoms with Crippen molar-refractivity contribution >= 4 is 11.6 Å². The Morgan fingerprint density at radius 2 is 1.90 bits per heavy atom. The quantitative estimate of drug-likeness (QED) is 0.946. The van der Waals surface area contributed by atoms with Gasteiger partial charge in [0.05, 0.1) is 0 Å². The van der Waals surface area contributed by atoms with Crippen LogP contribution in [0.2, 0.25) is 0 Å². The Hall–Kier alpha value is -2.31. The summed E-state index contributed by atoms with van der Waals surface area (Å²) in [6, 6.07) is 9.04. The number of aryl methyl sites for hydroxylation is 1. The highest BCUT2D eigenvalue weighted by Crippen LogP contribution is 2.28. The van der Waals surface area contributed by atoms with E-state index in [9.17, 15) is 13.2 Å². The van der Waals surface area contributed by atoms with Crippen molar-refractivity contribution in [3.8, 4) is 0 Å². The number of nitrogens with zero attached hydrogens (tertiary/aromatic N) is 3. The molecule has 2 aromatic rings. The van der Waals surface area contributed by atoms with Gasteiger partial charge in [0.25, 0.3) is 0 Å². The molecule has 0 fully saturated rings. The summed E-state index contributed by atoms with van der Waals surface area (Å²) >= 11 is 0. The third-order valence-corrected chi connectivity index (χ3v) is 2.88. The minimum Gasteiger partial charge on any atom is -0.384 e. The highest BCUT2D eigenvalue weighted by atomic mass is 19.4. The van der Waals surface area contributed by atoms with Crippen molar-refractivity contribution in [2.45, 2.75) is 19.6 Å². The Balaban J connectivity index is 2.27. The van der Waals surface area contributed by atoms with E-state index in [0.717, 1.165) is 11.1 Å². The van der Waals surface area contributed by atoms with Crippen LogP contribution in [0.5, 0.6) is 0 Å². The lowest BCUT2D eigenvalue weighted by Crippen LogP contribution is -2.21. The molecule has 21 heavy (non-hydrogen) atoms. The third kappa shape index (κ3) is 3.84. The molecule has 0 aliphatic carbocycles. The second-order valence-corrected chi connectivity index (χ2v) is 4.82. The average molecular weight is 296 g/mol. The molecular formula is C14H15F3N4. The second kappa shape index (κ2) is 5.59.